The molecule has 0 unspecified atom stereocenters. The van der Waals surface area contributed by atoms with Gasteiger partial charge in [0, 0.05) is 17.7 Å². The molecule has 0 saturated carbocycles. The van der Waals surface area contributed by atoms with Crippen LogP contribution in [0, 0.1) is 0 Å². The van der Waals surface area contributed by atoms with Crippen LogP contribution >= 0.6 is 12.2 Å². The Morgan fingerprint density at radius 1 is 1.19 bits per heavy atom. The van der Waals surface area contributed by atoms with Crippen LogP contribution in [0.25, 0.3) is 22.6 Å². The van der Waals surface area contributed by atoms with Crippen molar-refractivity contribution in [3.63, 3.8) is 0 Å². The van der Waals surface area contributed by atoms with Gasteiger partial charge in [-0.05, 0) is 66.5 Å². The van der Waals surface area contributed by atoms with Gasteiger partial charge in [-0.2, -0.15) is 0 Å². The number of hydrogen-bond donors (Lipinski definition) is 2. The fourth-order valence-corrected chi connectivity index (χ4v) is 2.92. The highest BCUT2D eigenvalue weighted by atomic mass is 32.1. The summed E-state index contributed by atoms with van der Waals surface area (Å²) in [5.74, 6) is 0.962. The Bertz CT molecular complexity index is 963. The summed E-state index contributed by atoms with van der Waals surface area (Å²) in [6.07, 6.45) is 1.47. The normalized spacial score (nSPS) is 12.0. The quantitative estimate of drug-likeness (QED) is 0.592. The van der Waals surface area contributed by atoms with Crippen molar-refractivity contribution in [2.75, 3.05) is 5.32 Å². The fourth-order valence-electron chi connectivity index (χ4n) is 2.68. The molecule has 3 rings (SSSR count). The van der Waals surface area contributed by atoms with E-state index in [2.05, 4.69) is 41.6 Å². The van der Waals surface area contributed by atoms with Gasteiger partial charge in [0.15, 0.2) is 10.7 Å². The molecule has 140 valence electrons. The first-order chi connectivity index (χ1) is 13.0. The number of hydrogen-bond acceptors (Lipinski definition) is 4. The topological polar surface area (TPSA) is 67.2 Å². The van der Waals surface area contributed by atoms with Crippen LogP contribution in [0.4, 0.5) is 5.69 Å². The van der Waals surface area contributed by atoms with Crippen LogP contribution in [0.3, 0.4) is 0 Å². The van der Waals surface area contributed by atoms with E-state index in [-0.39, 0.29) is 11.0 Å². The highest BCUT2D eigenvalue weighted by Crippen LogP contribution is 2.28. The Labute approximate surface area is 164 Å². The van der Waals surface area contributed by atoms with Crippen molar-refractivity contribution >= 4 is 40.0 Å². The number of nitrogens with zero attached hydrogens (tertiary/aromatic N) is 1. The van der Waals surface area contributed by atoms with E-state index in [1.54, 1.807) is 6.92 Å². The molecule has 0 radical (unpaired) electrons. The third kappa shape index (κ3) is 4.52. The van der Waals surface area contributed by atoms with Crippen molar-refractivity contribution in [1.29, 1.82) is 0 Å². The minimum atomic E-state index is -0.118. The molecule has 1 aromatic heterocycles. The number of amides is 1. The Kier molecular flexibility index (Phi) is 5.86. The lowest BCUT2D eigenvalue weighted by molar-refractivity contribution is -0.119. The summed E-state index contributed by atoms with van der Waals surface area (Å²) in [6, 6.07) is 13.8. The third-order valence-corrected chi connectivity index (χ3v) is 4.76. The number of benzene rings is 2. The number of nitrogens with one attached hydrogen (secondary N) is 2. The molecular formula is C21H23N3O2S. The molecule has 0 fully saturated rings. The molecule has 0 aliphatic carbocycles. The van der Waals surface area contributed by atoms with E-state index in [9.17, 15) is 4.79 Å². The maximum Gasteiger partial charge on any atom is 0.227 e. The van der Waals surface area contributed by atoms with Crippen LogP contribution in [-0.4, -0.2) is 16.0 Å². The van der Waals surface area contributed by atoms with Gasteiger partial charge in [0.2, 0.25) is 11.8 Å². The van der Waals surface area contributed by atoms with Crippen LogP contribution < -0.4 is 10.6 Å². The molecule has 1 heterocycles. The lowest BCUT2D eigenvalue weighted by atomic mass is 9.98. The molecule has 0 saturated heterocycles. The Morgan fingerprint density at radius 3 is 2.59 bits per heavy atom. The van der Waals surface area contributed by atoms with Crippen LogP contribution in [0.2, 0.25) is 0 Å². The molecule has 2 aromatic carbocycles. The minimum absolute atomic E-state index is 0.118. The summed E-state index contributed by atoms with van der Waals surface area (Å²) in [5.41, 5.74) is 4.59. The molecule has 5 nitrogen and oxygen atoms in total. The number of fused-ring (bicyclic) bond motifs is 1. The largest absolute Gasteiger partial charge is 0.436 e. The monoisotopic (exact) mass is 381 g/mol. The highest BCUT2D eigenvalue weighted by Gasteiger charge is 2.11. The predicted octanol–water partition coefficient (Wildman–Crippen LogP) is 5.23. The van der Waals surface area contributed by atoms with E-state index in [0.717, 1.165) is 28.8 Å². The lowest BCUT2D eigenvalue weighted by Crippen LogP contribution is -2.33. The van der Waals surface area contributed by atoms with Crippen LogP contribution in [-0.2, 0) is 4.79 Å². The van der Waals surface area contributed by atoms with Gasteiger partial charge >= 0.3 is 0 Å². The first-order valence-corrected chi connectivity index (χ1v) is 9.52. The summed E-state index contributed by atoms with van der Waals surface area (Å²) in [7, 11) is 0. The highest BCUT2D eigenvalue weighted by molar-refractivity contribution is 7.80. The fraction of sp³-hybridized carbons (Fsp3) is 0.286. The van der Waals surface area contributed by atoms with Crippen molar-refractivity contribution < 1.29 is 9.21 Å². The summed E-state index contributed by atoms with van der Waals surface area (Å²) in [5, 5.41) is 5.89. The summed E-state index contributed by atoms with van der Waals surface area (Å²) >= 11 is 5.12. The van der Waals surface area contributed by atoms with Gasteiger partial charge in [-0.1, -0.05) is 26.8 Å². The van der Waals surface area contributed by atoms with Gasteiger partial charge < -0.3 is 15.1 Å². The summed E-state index contributed by atoms with van der Waals surface area (Å²) in [6.45, 7) is 6.16. The van der Waals surface area contributed by atoms with Crippen molar-refractivity contribution in [3.05, 3.63) is 48.0 Å². The predicted molar refractivity (Wildman–Crippen MR) is 113 cm³/mol. The average Bonchev–Trinajstić information content (AvgIpc) is 3.10. The number of thiocarbonyl (C=S) groups is 1. The number of carbonyl (C=O) groups is 1. The van der Waals surface area contributed by atoms with Crippen LogP contribution in [0.1, 0.15) is 45.1 Å². The zero-order valence-corrected chi connectivity index (χ0v) is 16.5. The molecule has 0 aliphatic rings. The smallest absolute Gasteiger partial charge is 0.227 e. The SMILES string of the molecule is CCC(=O)NC(=S)Nc1ccc(-c2nc3cc([C@@H](C)CC)ccc3o2)cc1. The van der Waals surface area contributed by atoms with Gasteiger partial charge in [-0.25, -0.2) is 4.98 Å². The molecule has 0 spiro atoms. The van der Waals surface area contributed by atoms with Gasteiger partial charge in [0.25, 0.3) is 0 Å². The maximum absolute atomic E-state index is 11.4. The molecule has 3 aromatic rings. The van der Waals surface area contributed by atoms with E-state index < -0.39 is 0 Å². The van der Waals surface area contributed by atoms with Gasteiger partial charge in [0.05, 0.1) is 0 Å². The first kappa shape index (κ1) is 19.0. The second-order valence-corrected chi connectivity index (χ2v) is 6.90. The Balaban J connectivity index is 1.76. The maximum atomic E-state index is 11.4. The second-order valence-electron chi connectivity index (χ2n) is 6.49. The molecule has 0 aliphatic heterocycles. The van der Waals surface area contributed by atoms with Crippen molar-refractivity contribution in [2.45, 2.75) is 39.5 Å². The first-order valence-electron chi connectivity index (χ1n) is 9.12. The lowest BCUT2D eigenvalue weighted by Gasteiger charge is -2.08. The Morgan fingerprint density at radius 2 is 1.93 bits per heavy atom. The number of oxazole rings is 1. The second kappa shape index (κ2) is 8.31. The van der Waals surface area contributed by atoms with Gasteiger partial charge in [0.1, 0.15) is 5.52 Å². The number of rotatable bonds is 5. The van der Waals surface area contributed by atoms with Gasteiger partial charge in [-0.15, -0.1) is 0 Å². The Hall–Kier alpha value is -2.73. The van der Waals surface area contributed by atoms with Crippen molar-refractivity contribution in [2.24, 2.45) is 0 Å². The van der Waals surface area contributed by atoms with Gasteiger partial charge in [-0.3, -0.25) is 4.79 Å². The number of aromatic nitrogens is 1. The van der Waals surface area contributed by atoms with Crippen molar-refractivity contribution in [1.82, 2.24) is 10.3 Å². The number of anilines is 1. The molecule has 2 N–H and O–H groups in total. The minimum Gasteiger partial charge on any atom is -0.436 e. The average molecular weight is 382 g/mol. The standard InChI is InChI=1S/C21H23N3O2S/c1-4-13(3)15-8-11-18-17(12-15)23-20(26-18)14-6-9-16(10-7-14)22-21(27)24-19(25)5-2/h6-13H,4-5H2,1-3H3,(H2,22,24,25,27)/t13-/m0/s1. The third-order valence-electron chi connectivity index (χ3n) is 4.56. The van der Waals surface area contributed by atoms with E-state index in [0.29, 0.717) is 18.2 Å². The molecule has 0 bridgehead atoms. The molecule has 6 heteroatoms. The summed E-state index contributed by atoms with van der Waals surface area (Å²) < 4.78 is 5.90. The van der Waals surface area contributed by atoms with E-state index in [1.165, 1.54) is 5.56 Å². The van der Waals surface area contributed by atoms with E-state index in [4.69, 9.17) is 16.6 Å². The molecule has 1 amide bonds. The van der Waals surface area contributed by atoms with Crippen LogP contribution in [0.5, 0.6) is 0 Å². The van der Waals surface area contributed by atoms with E-state index >= 15 is 0 Å². The van der Waals surface area contributed by atoms with Crippen LogP contribution in [0.15, 0.2) is 46.9 Å². The number of carbonyl (C=O) groups excluding carboxylic acids is 1. The molecular weight excluding hydrogens is 358 g/mol. The zero-order chi connectivity index (χ0) is 19.4. The zero-order valence-electron chi connectivity index (χ0n) is 15.7. The molecule has 27 heavy (non-hydrogen) atoms. The molecule has 1 atom stereocenters. The summed E-state index contributed by atoms with van der Waals surface area (Å²) in [4.78, 5) is 16.0. The van der Waals surface area contributed by atoms with Crippen molar-refractivity contribution in [3.8, 4) is 11.5 Å². The van der Waals surface area contributed by atoms with E-state index in [1.807, 2.05) is 30.3 Å².